The minimum absolute atomic E-state index is 0.0418. The van der Waals surface area contributed by atoms with Gasteiger partial charge in [0.2, 0.25) is 0 Å². The van der Waals surface area contributed by atoms with E-state index in [1.165, 1.54) is 24.3 Å². The summed E-state index contributed by atoms with van der Waals surface area (Å²) in [5.74, 6) is 0. The summed E-state index contributed by atoms with van der Waals surface area (Å²) < 4.78 is 60.6. The van der Waals surface area contributed by atoms with Crippen LogP contribution in [-0.2, 0) is 28.6 Å². The van der Waals surface area contributed by atoms with E-state index in [-0.39, 0.29) is 9.79 Å². The normalized spacial score (nSPS) is 20.7. The summed E-state index contributed by atoms with van der Waals surface area (Å²) in [7, 11) is -7.99. The number of benzene rings is 2. The van der Waals surface area contributed by atoms with Crippen LogP contribution in [0.3, 0.4) is 0 Å². The minimum Gasteiger partial charge on any atom is -0.260 e. The van der Waals surface area contributed by atoms with E-state index in [9.17, 15) is 16.8 Å². The molecule has 0 N–H and O–H groups in total. The highest BCUT2D eigenvalue weighted by Gasteiger charge is 2.37. The van der Waals surface area contributed by atoms with Gasteiger partial charge in [0, 0.05) is 0 Å². The Hall–Kier alpha value is -1.74. The van der Waals surface area contributed by atoms with E-state index in [0.717, 1.165) is 11.1 Å². The summed E-state index contributed by atoms with van der Waals surface area (Å²) in [4.78, 5) is 0.0836. The second-order valence-electron chi connectivity index (χ2n) is 6.73. The van der Waals surface area contributed by atoms with Crippen molar-refractivity contribution in [2.24, 2.45) is 0 Å². The standard InChI is InChI=1S/C19H22O6S2/c1-14-6-10-16(11-7-14)26(20,21)24-18-4-3-5-19(18)25-27(22,23)17-12-8-15(2)9-13-17/h6-13,18-19H,3-5H2,1-2H3/t18-,19-/m1/s1. The van der Waals surface area contributed by atoms with Gasteiger partial charge in [0.25, 0.3) is 20.2 Å². The van der Waals surface area contributed by atoms with Crippen LogP contribution in [0.25, 0.3) is 0 Å². The van der Waals surface area contributed by atoms with Gasteiger partial charge in [-0.15, -0.1) is 0 Å². The average Bonchev–Trinajstić information content (AvgIpc) is 3.01. The Morgan fingerprint density at radius 1 is 0.667 bits per heavy atom. The summed E-state index contributed by atoms with van der Waals surface area (Å²) in [5.41, 5.74) is 1.86. The van der Waals surface area contributed by atoms with E-state index in [2.05, 4.69) is 0 Å². The SMILES string of the molecule is Cc1ccc(S(=O)(=O)O[C@@H]2CCC[C@H]2OS(=O)(=O)c2ccc(C)cc2)cc1. The molecule has 27 heavy (non-hydrogen) atoms. The van der Waals surface area contributed by atoms with Crippen molar-refractivity contribution < 1.29 is 25.2 Å². The molecule has 0 heterocycles. The van der Waals surface area contributed by atoms with Gasteiger partial charge in [-0.2, -0.15) is 16.8 Å². The third-order valence-electron chi connectivity index (χ3n) is 4.51. The smallest absolute Gasteiger partial charge is 0.260 e. The zero-order valence-corrected chi connectivity index (χ0v) is 16.8. The van der Waals surface area contributed by atoms with Gasteiger partial charge in [0.1, 0.15) is 12.2 Å². The summed E-state index contributed by atoms with van der Waals surface area (Å²) in [6, 6.07) is 12.6. The second kappa shape index (κ2) is 7.71. The average molecular weight is 411 g/mol. The van der Waals surface area contributed by atoms with Crippen molar-refractivity contribution in [3.8, 4) is 0 Å². The van der Waals surface area contributed by atoms with Crippen molar-refractivity contribution in [2.45, 2.75) is 55.1 Å². The first-order valence-corrected chi connectivity index (χ1v) is 11.5. The predicted molar refractivity (Wildman–Crippen MR) is 100 cm³/mol. The first-order valence-electron chi connectivity index (χ1n) is 8.67. The van der Waals surface area contributed by atoms with Gasteiger partial charge in [0.05, 0.1) is 9.79 Å². The van der Waals surface area contributed by atoms with Crippen molar-refractivity contribution in [3.63, 3.8) is 0 Å². The van der Waals surface area contributed by atoms with E-state index < -0.39 is 32.4 Å². The van der Waals surface area contributed by atoms with Gasteiger partial charge >= 0.3 is 0 Å². The number of hydrogen-bond acceptors (Lipinski definition) is 6. The van der Waals surface area contributed by atoms with E-state index in [1.807, 2.05) is 13.8 Å². The van der Waals surface area contributed by atoms with Gasteiger partial charge in [0.15, 0.2) is 0 Å². The van der Waals surface area contributed by atoms with E-state index in [1.54, 1.807) is 24.3 Å². The van der Waals surface area contributed by atoms with Crippen molar-refractivity contribution in [1.82, 2.24) is 0 Å². The molecule has 146 valence electrons. The van der Waals surface area contributed by atoms with Gasteiger partial charge in [-0.05, 0) is 57.4 Å². The lowest BCUT2D eigenvalue weighted by Gasteiger charge is -2.20. The summed E-state index contributed by atoms with van der Waals surface area (Å²) in [6.45, 7) is 3.71. The number of aryl methyl sites for hydroxylation is 2. The van der Waals surface area contributed by atoms with E-state index in [0.29, 0.717) is 19.3 Å². The Kier molecular flexibility index (Phi) is 5.71. The largest absolute Gasteiger partial charge is 0.297 e. The van der Waals surface area contributed by atoms with E-state index in [4.69, 9.17) is 8.37 Å². The Bertz CT molecular complexity index is 910. The first kappa shape index (κ1) is 20.0. The third-order valence-corrected chi connectivity index (χ3v) is 7.21. The molecule has 0 bridgehead atoms. The maximum Gasteiger partial charge on any atom is 0.297 e. The molecule has 0 amide bonds. The zero-order chi connectivity index (χ0) is 19.7. The zero-order valence-electron chi connectivity index (χ0n) is 15.2. The second-order valence-corrected chi connectivity index (χ2v) is 9.88. The lowest BCUT2D eigenvalue weighted by Crippen LogP contribution is -2.30. The first-order chi connectivity index (χ1) is 12.7. The fourth-order valence-corrected chi connectivity index (χ4v) is 5.21. The fourth-order valence-electron chi connectivity index (χ4n) is 2.96. The Morgan fingerprint density at radius 3 is 1.33 bits per heavy atom. The van der Waals surface area contributed by atoms with Crippen molar-refractivity contribution in [3.05, 3.63) is 59.7 Å². The Morgan fingerprint density at radius 2 is 1.00 bits per heavy atom. The van der Waals surface area contributed by atoms with Crippen LogP contribution in [0.5, 0.6) is 0 Å². The Labute approximate surface area is 160 Å². The molecule has 0 aliphatic heterocycles. The monoisotopic (exact) mass is 410 g/mol. The van der Waals surface area contributed by atoms with Crippen LogP contribution in [-0.4, -0.2) is 29.0 Å². The topological polar surface area (TPSA) is 86.7 Å². The molecule has 2 atom stereocenters. The van der Waals surface area contributed by atoms with Gasteiger partial charge in [-0.3, -0.25) is 8.37 Å². The van der Waals surface area contributed by atoms with Crippen LogP contribution in [0.15, 0.2) is 58.3 Å². The molecule has 0 spiro atoms. The van der Waals surface area contributed by atoms with Gasteiger partial charge < -0.3 is 0 Å². The molecule has 3 rings (SSSR count). The van der Waals surface area contributed by atoms with Gasteiger partial charge in [-0.25, -0.2) is 0 Å². The molecule has 0 aromatic heterocycles. The summed E-state index contributed by atoms with van der Waals surface area (Å²) >= 11 is 0. The van der Waals surface area contributed by atoms with Crippen molar-refractivity contribution >= 4 is 20.2 Å². The van der Waals surface area contributed by atoms with Crippen LogP contribution >= 0.6 is 0 Å². The molecule has 0 radical (unpaired) electrons. The van der Waals surface area contributed by atoms with Crippen LogP contribution < -0.4 is 0 Å². The molecule has 2 aromatic carbocycles. The highest BCUT2D eigenvalue weighted by Crippen LogP contribution is 2.31. The molecular weight excluding hydrogens is 388 g/mol. The summed E-state index contributed by atoms with van der Waals surface area (Å²) in [5, 5.41) is 0. The highest BCUT2D eigenvalue weighted by atomic mass is 32.2. The molecular formula is C19H22O6S2. The maximum absolute atomic E-state index is 12.5. The number of rotatable bonds is 6. The maximum atomic E-state index is 12.5. The highest BCUT2D eigenvalue weighted by molar-refractivity contribution is 7.87. The lowest BCUT2D eigenvalue weighted by molar-refractivity contribution is 0.0871. The molecule has 1 fully saturated rings. The molecule has 2 aromatic rings. The fraction of sp³-hybridized carbons (Fsp3) is 0.368. The number of hydrogen-bond donors (Lipinski definition) is 0. The van der Waals surface area contributed by atoms with Crippen LogP contribution in [0.1, 0.15) is 30.4 Å². The predicted octanol–water partition coefficient (Wildman–Crippen LogP) is 3.34. The minimum atomic E-state index is -3.99. The van der Waals surface area contributed by atoms with Gasteiger partial charge in [-0.1, -0.05) is 35.4 Å². The summed E-state index contributed by atoms with van der Waals surface area (Å²) in [6.07, 6.45) is -0.214. The van der Waals surface area contributed by atoms with Crippen LogP contribution in [0.4, 0.5) is 0 Å². The molecule has 1 aliphatic carbocycles. The van der Waals surface area contributed by atoms with E-state index >= 15 is 0 Å². The Balaban J connectivity index is 1.75. The van der Waals surface area contributed by atoms with Crippen molar-refractivity contribution in [1.29, 1.82) is 0 Å². The van der Waals surface area contributed by atoms with Crippen molar-refractivity contribution in [2.75, 3.05) is 0 Å². The molecule has 0 unspecified atom stereocenters. The molecule has 8 heteroatoms. The third kappa shape index (κ3) is 4.76. The van der Waals surface area contributed by atoms with Crippen LogP contribution in [0, 0.1) is 13.8 Å². The molecule has 1 saturated carbocycles. The molecule has 6 nitrogen and oxygen atoms in total. The lowest BCUT2D eigenvalue weighted by atomic mass is 10.2. The molecule has 1 aliphatic rings. The van der Waals surface area contributed by atoms with Crippen LogP contribution in [0.2, 0.25) is 0 Å². The quantitative estimate of drug-likeness (QED) is 0.679. The molecule has 0 saturated heterocycles.